The highest BCUT2D eigenvalue weighted by molar-refractivity contribution is 7.80. The Morgan fingerprint density at radius 3 is 2.65 bits per heavy atom. The van der Waals surface area contributed by atoms with Crippen LogP contribution in [0.15, 0.2) is 40.8 Å². The molecule has 10 nitrogen and oxygen atoms in total. The molecule has 2 aromatic heterocycles. The van der Waals surface area contributed by atoms with Crippen LogP contribution in [0.1, 0.15) is 23.3 Å². The first kappa shape index (κ1) is 20.7. The first-order valence-corrected chi connectivity index (χ1v) is 9.79. The number of hydrogen-bond acceptors (Lipinski definition) is 7. The molecule has 160 valence electrons. The zero-order chi connectivity index (χ0) is 22.3. The zero-order valence-electron chi connectivity index (χ0n) is 16.7. The van der Waals surface area contributed by atoms with Crippen LogP contribution in [0.2, 0.25) is 0 Å². The summed E-state index contributed by atoms with van der Waals surface area (Å²) >= 11 is 5.51. The van der Waals surface area contributed by atoms with E-state index in [-0.39, 0.29) is 23.9 Å². The van der Waals surface area contributed by atoms with Gasteiger partial charge in [-0.2, -0.15) is 0 Å². The number of aromatic nitrogens is 1. The largest absolute Gasteiger partial charge is 0.454 e. The number of furan rings is 1. The number of nitrogens with zero attached hydrogens (tertiary/aromatic N) is 4. The maximum absolute atomic E-state index is 12.8. The maximum atomic E-state index is 12.8. The third kappa shape index (κ3) is 3.57. The van der Waals surface area contributed by atoms with Gasteiger partial charge in [0, 0.05) is 49.8 Å². The molecule has 1 aromatic carbocycles. The molecule has 3 aromatic rings. The molecule has 11 heteroatoms. The van der Waals surface area contributed by atoms with Gasteiger partial charge in [0.25, 0.3) is 11.6 Å². The first-order chi connectivity index (χ1) is 14.8. The van der Waals surface area contributed by atoms with E-state index in [1.807, 2.05) is 0 Å². The van der Waals surface area contributed by atoms with Crippen LogP contribution in [-0.4, -0.2) is 57.1 Å². The lowest BCUT2D eigenvalue weighted by Crippen LogP contribution is -2.33. The van der Waals surface area contributed by atoms with Crippen LogP contribution in [-0.2, 0) is 9.63 Å². The molecule has 0 fully saturated rings. The third-order valence-corrected chi connectivity index (χ3v) is 5.54. The molecule has 0 radical (unpaired) electrons. The molecule has 31 heavy (non-hydrogen) atoms. The Hall–Kier alpha value is -3.57. The van der Waals surface area contributed by atoms with E-state index in [1.165, 1.54) is 31.2 Å². The van der Waals surface area contributed by atoms with Crippen molar-refractivity contribution in [1.29, 1.82) is 0 Å². The van der Waals surface area contributed by atoms with E-state index < -0.39 is 4.92 Å². The molecular weight excluding hydrogens is 424 g/mol. The summed E-state index contributed by atoms with van der Waals surface area (Å²) < 4.78 is 7.50. The number of benzene rings is 1. The second-order valence-electron chi connectivity index (χ2n) is 6.95. The standard InChI is InChI=1S/C20H18N4O6S/c1-21(29-2)18(25)4-3-9-22-19(26)15-11-17-14(23(15)20(22)31)10-16(30-17)12-5-7-13(8-6-12)24(27)28/h5-8,10-11H,3-4,9H2,1-2H3. The number of nitro benzene ring substituents is 1. The molecule has 0 aliphatic carbocycles. The van der Waals surface area contributed by atoms with E-state index in [2.05, 4.69) is 0 Å². The van der Waals surface area contributed by atoms with Gasteiger partial charge in [0.15, 0.2) is 10.7 Å². The highest BCUT2D eigenvalue weighted by Crippen LogP contribution is 2.34. The maximum Gasteiger partial charge on any atom is 0.277 e. The molecule has 0 saturated heterocycles. The fourth-order valence-corrected chi connectivity index (χ4v) is 3.81. The molecule has 3 heterocycles. The number of nitro groups is 1. The fourth-order valence-electron chi connectivity index (χ4n) is 3.44. The number of hydroxylamine groups is 2. The van der Waals surface area contributed by atoms with Gasteiger partial charge in [0.1, 0.15) is 11.5 Å². The van der Waals surface area contributed by atoms with Crippen molar-refractivity contribution in [2.24, 2.45) is 0 Å². The van der Waals surface area contributed by atoms with Gasteiger partial charge in [-0.1, -0.05) is 0 Å². The average Bonchev–Trinajstić information content (AvgIpc) is 3.39. The quantitative estimate of drug-likeness (QED) is 0.314. The lowest BCUT2D eigenvalue weighted by molar-refractivity contribution is -0.384. The Balaban J connectivity index is 1.54. The van der Waals surface area contributed by atoms with Gasteiger partial charge < -0.3 is 4.42 Å². The van der Waals surface area contributed by atoms with Crippen molar-refractivity contribution in [3.8, 4) is 11.3 Å². The summed E-state index contributed by atoms with van der Waals surface area (Å²) in [7, 11) is 2.93. The van der Waals surface area contributed by atoms with Gasteiger partial charge in [-0.25, -0.2) is 5.06 Å². The predicted molar refractivity (Wildman–Crippen MR) is 114 cm³/mol. The average molecular weight is 442 g/mol. The summed E-state index contributed by atoms with van der Waals surface area (Å²) in [4.78, 5) is 41.3. The highest BCUT2D eigenvalue weighted by atomic mass is 32.1. The topological polar surface area (TPSA) is 111 Å². The summed E-state index contributed by atoms with van der Waals surface area (Å²) in [6.45, 7) is 0.303. The summed E-state index contributed by atoms with van der Waals surface area (Å²) in [6, 6.07) is 9.38. The first-order valence-electron chi connectivity index (χ1n) is 9.38. The van der Waals surface area contributed by atoms with Crippen molar-refractivity contribution < 1.29 is 23.8 Å². The van der Waals surface area contributed by atoms with E-state index in [0.29, 0.717) is 46.2 Å². The van der Waals surface area contributed by atoms with E-state index >= 15 is 0 Å². The lowest BCUT2D eigenvalue weighted by Gasteiger charge is -2.17. The minimum Gasteiger partial charge on any atom is -0.454 e. The van der Waals surface area contributed by atoms with Crippen molar-refractivity contribution in [3.05, 3.63) is 52.2 Å². The second kappa shape index (κ2) is 7.93. The van der Waals surface area contributed by atoms with Crippen LogP contribution in [0.4, 0.5) is 5.69 Å². The van der Waals surface area contributed by atoms with Gasteiger partial charge in [-0.15, -0.1) is 0 Å². The zero-order valence-corrected chi connectivity index (χ0v) is 17.5. The van der Waals surface area contributed by atoms with Crippen molar-refractivity contribution >= 4 is 45.9 Å². The van der Waals surface area contributed by atoms with Gasteiger partial charge in [0.05, 0.1) is 17.5 Å². The minimum atomic E-state index is -0.468. The summed E-state index contributed by atoms with van der Waals surface area (Å²) in [6.07, 6.45) is 0.656. The van der Waals surface area contributed by atoms with Crippen LogP contribution in [0, 0.1) is 10.1 Å². The highest BCUT2D eigenvalue weighted by Gasteiger charge is 2.35. The van der Waals surface area contributed by atoms with Crippen molar-refractivity contribution in [1.82, 2.24) is 14.5 Å². The number of thiocarbonyl (C=S) groups is 1. The molecule has 0 saturated carbocycles. The van der Waals surface area contributed by atoms with Crippen LogP contribution in [0.25, 0.3) is 22.4 Å². The van der Waals surface area contributed by atoms with E-state index in [9.17, 15) is 19.7 Å². The molecule has 0 N–H and O–H groups in total. The van der Waals surface area contributed by atoms with Crippen molar-refractivity contribution in [2.45, 2.75) is 12.8 Å². The Bertz CT molecular complexity index is 1210. The van der Waals surface area contributed by atoms with Gasteiger partial charge >= 0.3 is 0 Å². The van der Waals surface area contributed by atoms with Crippen molar-refractivity contribution in [3.63, 3.8) is 0 Å². The van der Waals surface area contributed by atoms with E-state index in [1.54, 1.807) is 28.8 Å². The summed E-state index contributed by atoms with van der Waals surface area (Å²) in [5.74, 6) is 0.0718. The number of amides is 2. The molecule has 0 atom stereocenters. The van der Waals surface area contributed by atoms with E-state index in [0.717, 1.165) is 5.06 Å². The van der Waals surface area contributed by atoms with E-state index in [4.69, 9.17) is 21.5 Å². The number of hydrogen-bond donors (Lipinski definition) is 0. The molecule has 4 rings (SSSR count). The Kier molecular flexibility index (Phi) is 5.29. The molecule has 0 bridgehead atoms. The second-order valence-corrected chi connectivity index (χ2v) is 7.31. The van der Waals surface area contributed by atoms with Crippen LogP contribution in [0.5, 0.6) is 0 Å². The SMILES string of the molecule is CON(C)C(=O)CCCN1C(=O)c2cc3oc(-c4ccc([N+](=O)[O-])cc4)cc3n2C1=S. The normalized spacial score (nSPS) is 13.2. The van der Waals surface area contributed by atoms with Gasteiger partial charge in [-0.05, 0) is 30.8 Å². The Labute approximate surface area is 181 Å². The minimum absolute atomic E-state index is 0.0119. The number of fused-ring (bicyclic) bond motifs is 3. The molecule has 0 spiro atoms. The molecule has 0 unspecified atom stereocenters. The fraction of sp³-hybridized carbons (Fsp3) is 0.250. The third-order valence-electron chi connectivity index (χ3n) is 5.14. The number of non-ortho nitro benzene ring substituents is 1. The number of carbonyl (C=O) groups excluding carboxylic acids is 2. The molecular formula is C20H18N4O6S. The lowest BCUT2D eigenvalue weighted by atomic mass is 10.1. The van der Waals surface area contributed by atoms with Crippen molar-refractivity contribution in [2.75, 3.05) is 20.7 Å². The Morgan fingerprint density at radius 2 is 2.00 bits per heavy atom. The molecule has 2 amide bonds. The summed E-state index contributed by atoms with van der Waals surface area (Å²) in [5.41, 5.74) is 2.19. The smallest absolute Gasteiger partial charge is 0.277 e. The predicted octanol–water partition coefficient (Wildman–Crippen LogP) is 3.20. The monoisotopic (exact) mass is 442 g/mol. The Morgan fingerprint density at radius 1 is 1.29 bits per heavy atom. The number of rotatable bonds is 7. The van der Waals surface area contributed by atoms with Crippen LogP contribution >= 0.6 is 12.2 Å². The number of carbonyl (C=O) groups is 2. The van der Waals surface area contributed by atoms with Crippen LogP contribution < -0.4 is 0 Å². The molecule has 1 aliphatic heterocycles. The molecule has 1 aliphatic rings. The van der Waals surface area contributed by atoms with Crippen LogP contribution in [0.3, 0.4) is 0 Å². The summed E-state index contributed by atoms with van der Waals surface area (Å²) in [5, 5.41) is 12.3. The van der Waals surface area contributed by atoms with Gasteiger partial charge in [0.2, 0.25) is 5.91 Å². The van der Waals surface area contributed by atoms with Gasteiger partial charge in [-0.3, -0.25) is 34.0 Å².